The molecule has 1 aromatic heterocycles. The summed E-state index contributed by atoms with van der Waals surface area (Å²) < 4.78 is 12.1. The maximum Gasteiger partial charge on any atom is 0.183 e. The molecule has 8 nitrogen and oxygen atoms in total. The van der Waals surface area contributed by atoms with E-state index < -0.39 is 41.9 Å². The van der Waals surface area contributed by atoms with Crippen molar-refractivity contribution >= 4 is 17.6 Å². The minimum atomic E-state index is -1.65. The average Bonchev–Trinajstić information content (AvgIpc) is 3.01. The molecule has 2 aliphatic heterocycles. The van der Waals surface area contributed by atoms with Crippen LogP contribution in [0.1, 0.15) is 59.6 Å². The maximum atomic E-state index is 10.7. The first-order valence-electron chi connectivity index (χ1n) is 13.9. The zero-order valence-corrected chi connectivity index (χ0v) is 24.5. The highest BCUT2D eigenvalue weighted by Crippen LogP contribution is 2.56. The van der Waals surface area contributed by atoms with Crippen LogP contribution in [0.4, 0.5) is 0 Å². The maximum absolute atomic E-state index is 10.7. The van der Waals surface area contributed by atoms with Crippen molar-refractivity contribution in [1.82, 2.24) is 4.98 Å². The Morgan fingerprint density at radius 1 is 1.18 bits per heavy atom. The molecule has 39 heavy (non-hydrogen) atoms. The van der Waals surface area contributed by atoms with E-state index in [2.05, 4.69) is 49.6 Å². The van der Waals surface area contributed by atoms with Crippen molar-refractivity contribution in [2.45, 2.75) is 95.4 Å². The van der Waals surface area contributed by atoms with Crippen molar-refractivity contribution in [2.75, 3.05) is 19.0 Å². The highest BCUT2D eigenvalue weighted by Gasteiger charge is 2.70. The van der Waals surface area contributed by atoms with Crippen LogP contribution in [0, 0.1) is 17.3 Å². The Morgan fingerprint density at radius 3 is 2.64 bits per heavy atom. The molecule has 3 aliphatic rings. The van der Waals surface area contributed by atoms with Crippen molar-refractivity contribution < 1.29 is 29.9 Å². The largest absolute Gasteiger partial charge is 0.396 e. The standard InChI is InChI=1S/C30H44N2O6S/c1-19-15-32-22(10-9-21-8-6-7-12-31-21)14-20(19)17-37-29(4,5)18-28(2,3)11-13-39-27-24-26(35)25(34)23(16-33)30(24,36)38-27/h6-8,12,14,22-27,33-36H,9-11,13,16-18H2,1-5H3. The third-order valence-corrected chi connectivity index (χ3v) is 9.37. The summed E-state index contributed by atoms with van der Waals surface area (Å²) in [4.78, 5) is 8.97. The van der Waals surface area contributed by atoms with Gasteiger partial charge >= 0.3 is 0 Å². The molecule has 0 spiro atoms. The predicted octanol–water partition coefficient (Wildman–Crippen LogP) is 3.28. The second kappa shape index (κ2) is 12.1. The van der Waals surface area contributed by atoms with E-state index in [0.29, 0.717) is 6.61 Å². The number of aliphatic hydroxyl groups excluding tert-OH is 3. The molecule has 2 fully saturated rings. The molecule has 216 valence electrons. The van der Waals surface area contributed by atoms with Crippen molar-refractivity contribution in [1.29, 1.82) is 0 Å². The van der Waals surface area contributed by atoms with Gasteiger partial charge in [-0.1, -0.05) is 26.0 Å². The van der Waals surface area contributed by atoms with Crippen LogP contribution >= 0.6 is 11.8 Å². The van der Waals surface area contributed by atoms with Crippen LogP contribution in [0.3, 0.4) is 0 Å². The lowest BCUT2D eigenvalue weighted by Gasteiger charge is -2.49. The summed E-state index contributed by atoms with van der Waals surface area (Å²) in [5.74, 6) is 0.807. The van der Waals surface area contributed by atoms with Gasteiger partial charge in [-0.3, -0.25) is 4.98 Å². The van der Waals surface area contributed by atoms with E-state index in [0.717, 1.165) is 48.3 Å². The Balaban J connectivity index is 1.23. The molecule has 0 aromatic carbocycles. The fraction of sp³-hybridized carbons (Fsp3) is 0.700. The zero-order chi connectivity index (χ0) is 28.4. The third kappa shape index (κ3) is 7.03. The number of hydrogen-bond acceptors (Lipinski definition) is 9. The van der Waals surface area contributed by atoms with Gasteiger partial charge in [-0.15, -0.1) is 11.8 Å². The van der Waals surface area contributed by atoms with Gasteiger partial charge in [0.05, 0.1) is 48.9 Å². The zero-order valence-electron chi connectivity index (χ0n) is 23.7. The SMILES string of the molecule is CC1=C=NC(CCc2ccccn2)C=C1COC(C)(C)CC(C)(C)CCSC1OC2(O)C(CO)C(O)C(O)C12. The fourth-order valence-electron chi connectivity index (χ4n) is 6.08. The van der Waals surface area contributed by atoms with Gasteiger partial charge < -0.3 is 29.9 Å². The number of pyridine rings is 1. The van der Waals surface area contributed by atoms with Crippen molar-refractivity contribution in [3.05, 3.63) is 47.3 Å². The number of aliphatic imine (C=N–C) groups is 1. The highest BCUT2D eigenvalue weighted by atomic mass is 32.2. The second-order valence-electron chi connectivity index (χ2n) is 12.5. The first kappa shape index (κ1) is 30.4. The number of thioether (sulfide) groups is 1. The van der Waals surface area contributed by atoms with Crippen LogP contribution in [0.5, 0.6) is 0 Å². The van der Waals surface area contributed by atoms with Crippen molar-refractivity contribution in [3.63, 3.8) is 0 Å². The lowest BCUT2D eigenvalue weighted by Crippen LogP contribution is -2.61. The van der Waals surface area contributed by atoms with E-state index in [1.165, 1.54) is 11.8 Å². The summed E-state index contributed by atoms with van der Waals surface area (Å²) in [7, 11) is 0. The number of aromatic nitrogens is 1. The molecule has 7 atom stereocenters. The monoisotopic (exact) mass is 560 g/mol. The second-order valence-corrected chi connectivity index (χ2v) is 13.7. The molecule has 4 rings (SSSR count). The van der Waals surface area contributed by atoms with Gasteiger partial charge in [0.1, 0.15) is 5.44 Å². The Kier molecular flexibility index (Phi) is 9.46. The van der Waals surface area contributed by atoms with Crippen LogP contribution < -0.4 is 0 Å². The summed E-state index contributed by atoms with van der Waals surface area (Å²) in [6.45, 7) is 10.8. The highest BCUT2D eigenvalue weighted by molar-refractivity contribution is 7.99. The molecule has 0 bridgehead atoms. The normalized spacial score (nSPS) is 32.4. The molecule has 1 aromatic rings. The smallest absolute Gasteiger partial charge is 0.183 e. The number of rotatable bonds is 13. The molecule has 1 saturated carbocycles. The van der Waals surface area contributed by atoms with Gasteiger partial charge in [0.2, 0.25) is 0 Å². The van der Waals surface area contributed by atoms with Crippen molar-refractivity contribution in [2.24, 2.45) is 22.2 Å². The van der Waals surface area contributed by atoms with E-state index in [9.17, 15) is 20.4 Å². The molecule has 1 aliphatic carbocycles. The first-order chi connectivity index (χ1) is 18.3. The molecule has 4 N–H and O–H groups in total. The number of aryl methyl sites for hydroxylation is 1. The van der Waals surface area contributed by atoms with E-state index in [4.69, 9.17) is 9.47 Å². The Bertz CT molecular complexity index is 1090. The van der Waals surface area contributed by atoms with E-state index in [-0.39, 0.29) is 17.1 Å². The summed E-state index contributed by atoms with van der Waals surface area (Å²) in [5, 5.41) is 40.7. The Morgan fingerprint density at radius 2 is 1.95 bits per heavy atom. The summed E-state index contributed by atoms with van der Waals surface area (Å²) in [6, 6.07) is 6.05. The molecular weight excluding hydrogens is 516 g/mol. The Labute approximate surface area is 236 Å². The van der Waals surface area contributed by atoms with Crippen LogP contribution in [0.25, 0.3) is 0 Å². The van der Waals surface area contributed by atoms with Crippen LogP contribution in [-0.2, 0) is 15.9 Å². The summed E-state index contributed by atoms with van der Waals surface area (Å²) in [6.07, 6.45) is 5.21. The molecule has 1 saturated heterocycles. The van der Waals surface area contributed by atoms with Crippen LogP contribution in [0.15, 0.2) is 46.6 Å². The molecule has 3 heterocycles. The summed E-state index contributed by atoms with van der Waals surface area (Å²) >= 11 is 1.54. The average molecular weight is 561 g/mol. The molecular formula is C30H44N2O6S. The number of ether oxygens (including phenoxy) is 2. The number of fused-ring (bicyclic) bond motifs is 1. The molecule has 0 radical (unpaired) electrons. The van der Waals surface area contributed by atoms with Gasteiger partial charge in [0.15, 0.2) is 5.79 Å². The van der Waals surface area contributed by atoms with E-state index >= 15 is 0 Å². The van der Waals surface area contributed by atoms with E-state index in [1.54, 1.807) is 0 Å². The first-order valence-corrected chi connectivity index (χ1v) is 14.9. The molecule has 7 unspecified atom stereocenters. The van der Waals surface area contributed by atoms with Gasteiger partial charge in [-0.25, -0.2) is 4.99 Å². The number of hydrogen-bond donors (Lipinski definition) is 4. The number of aliphatic hydroxyl groups is 4. The van der Waals surface area contributed by atoms with Gasteiger partial charge in [-0.2, -0.15) is 0 Å². The molecule has 9 heteroatoms. The lowest BCUT2D eigenvalue weighted by atomic mass is 9.79. The van der Waals surface area contributed by atoms with Crippen molar-refractivity contribution in [3.8, 4) is 0 Å². The number of nitrogens with zero attached hydrogens (tertiary/aromatic N) is 2. The topological polar surface area (TPSA) is 125 Å². The minimum Gasteiger partial charge on any atom is -0.396 e. The van der Waals surface area contributed by atoms with Gasteiger partial charge in [-0.05, 0) is 81.2 Å². The quantitative estimate of drug-likeness (QED) is 0.290. The molecule has 0 amide bonds. The third-order valence-electron chi connectivity index (χ3n) is 8.21. The fourth-order valence-corrected chi connectivity index (χ4v) is 7.77. The van der Waals surface area contributed by atoms with Gasteiger partial charge in [0.25, 0.3) is 0 Å². The summed E-state index contributed by atoms with van der Waals surface area (Å²) in [5.41, 5.74) is 2.44. The van der Waals surface area contributed by atoms with Crippen LogP contribution in [-0.4, -0.2) is 85.3 Å². The van der Waals surface area contributed by atoms with E-state index in [1.807, 2.05) is 31.3 Å². The lowest BCUT2D eigenvalue weighted by molar-refractivity contribution is -0.355. The van der Waals surface area contributed by atoms with Gasteiger partial charge in [0, 0.05) is 17.5 Å². The predicted molar refractivity (Wildman–Crippen MR) is 152 cm³/mol. The minimum absolute atomic E-state index is 0.0174. The Hall–Kier alpha value is -1.55. The van der Waals surface area contributed by atoms with Crippen LogP contribution in [0.2, 0.25) is 0 Å².